The molecule has 21 heavy (non-hydrogen) atoms. The number of imidazole rings is 1. The standard InChI is InChI=1S/C16H13N3O2/c1-12-8-9-18-11-14(17-16(18)10-12)5-2-13-3-6-15(7-4-13)19(20)21/h2-11H,1H3. The molecule has 0 spiro atoms. The maximum Gasteiger partial charge on any atom is 0.269 e. The number of nitro groups is 1. The van der Waals surface area contributed by atoms with Gasteiger partial charge in [0.05, 0.1) is 10.6 Å². The molecule has 0 N–H and O–H groups in total. The van der Waals surface area contributed by atoms with Crippen molar-refractivity contribution in [3.05, 3.63) is 75.7 Å². The maximum absolute atomic E-state index is 10.6. The molecule has 104 valence electrons. The van der Waals surface area contributed by atoms with Gasteiger partial charge < -0.3 is 4.40 Å². The molecular formula is C16H13N3O2. The Balaban J connectivity index is 1.85. The third kappa shape index (κ3) is 2.81. The van der Waals surface area contributed by atoms with Gasteiger partial charge in [0, 0.05) is 24.5 Å². The van der Waals surface area contributed by atoms with E-state index in [0.717, 1.165) is 16.9 Å². The van der Waals surface area contributed by atoms with Crippen molar-refractivity contribution in [3.63, 3.8) is 0 Å². The van der Waals surface area contributed by atoms with Gasteiger partial charge in [-0.1, -0.05) is 6.08 Å². The Bertz CT molecular complexity index is 832. The summed E-state index contributed by atoms with van der Waals surface area (Å²) in [6.07, 6.45) is 7.69. The lowest BCUT2D eigenvalue weighted by molar-refractivity contribution is -0.384. The summed E-state index contributed by atoms with van der Waals surface area (Å²) in [7, 11) is 0. The molecule has 0 unspecified atom stereocenters. The molecule has 5 nitrogen and oxygen atoms in total. The Hall–Kier alpha value is -2.95. The third-order valence-corrected chi connectivity index (χ3v) is 3.18. The zero-order valence-corrected chi connectivity index (χ0v) is 11.4. The number of hydrogen-bond donors (Lipinski definition) is 0. The van der Waals surface area contributed by atoms with Crippen LogP contribution >= 0.6 is 0 Å². The van der Waals surface area contributed by atoms with Crippen LogP contribution in [0, 0.1) is 17.0 Å². The summed E-state index contributed by atoms with van der Waals surface area (Å²) in [5, 5.41) is 10.6. The van der Waals surface area contributed by atoms with Crippen LogP contribution in [0.5, 0.6) is 0 Å². The number of rotatable bonds is 3. The van der Waals surface area contributed by atoms with Gasteiger partial charge >= 0.3 is 0 Å². The van der Waals surface area contributed by atoms with Crippen molar-refractivity contribution in [2.24, 2.45) is 0 Å². The minimum Gasteiger partial charge on any atom is -0.306 e. The summed E-state index contributed by atoms with van der Waals surface area (Å²) in [5.74, 6) is 0. The maximum atomic E-state index is 10.6. The van der Waals surface area contributed by atoms with Crippen LogP contribution in [-0.4, -0.2) is 14.3 Å². The Morgan fingerprint density at radius 2 is 1.95 bits per heavy atom. The zero-order valence-electron chi connectivity index (χ0n) is 11.4. The first kappa shape index (κ1) is 13.1. The molecule has 3 aromatic rings. The van der Waals surface area contributed by atoms with E-state index in [1.807, 2.05) is 48.0 Å². The van der Waals surface area contributed by atoms with Gasteiger partial charge in [-0.05, 0) is 48.4 Å². The summed E-state index contributed by atoms with van der Waals surface area (Å²) >= 11 is 0. The van der Waals surface area contributed by atoms with Gasteiger partial charge in [-0.25, -0.2) is 4.98 Å². The lowest BCUT2D eigenvalue weighted by atomic mass is 10.2. The fourth-order valence-electron chi connectivity index (χ4n) is 2.07. The van der Waals surface area contributed by atoms with Crippen LogP contribution in [0.3, 0.4) is 0 Å². The van der Waals surface area contributed by atoms with E-state index in [-0.39, 0.29) is 5.69 Å². The van der Waals surface area contributed by atoms with Gasteiger partial charge in [0.2, 0.25) is 0 Å². The smallest absolute Gasteiger partial charge is 0.269 e. The second kappa shape index (κ2) is 5.20. The molecule has 0 aliphatic carbocycles. The lowest BCUT2D eigenvalue weighted by Crippen LogP contribution is -1.86. The number of aromatic nitrogens is 2. The molecule has 2 aromatic heterocycles. The highest BCUT2D eigenvalue weighted by atomic mass is 16.6. The molecule has 1 aromatic carbocycles. The van der Waals surface area contributed by atoms with E-state index in [1.54, 1.807) is 12.1 Å². The number of hydrogen-bond acceptors (Lipinski definition) is 3. The summed E-state index contributed by atoms with van der Waals surface area (Å²) < 4.78 is 1.96. The number of fused-ring (bicyclic) bond motifs is 1. The zero-order chi connectivity index (χ0) is 14.8. The Morgan fingerprint density at radius 3 is 2.67 bits per heavy atom. The molecule has 5 heteroatoms. The van der Waals surface area contributed by atoms with Crippen LogP contribution in [0.4, 0.5) is 5.69 Å². The van der Waals surface area contributed by atoms with E-state index in [4.69, 9.17) is 0 Å². The average Bonchev–Trinajstić information content (AvgIpc) is 2.87. The molecule has 0 fully saturated rings. The summed E-state index contributed by atoms with van der Waals surface area (Å²) in [6.45, 7) is 2.03. The predicted octanol–water partition coefficient (Wildman–Crippen LogP) is 3.72. The van der Waals surface area contributed by atoms with Crippen molar-refractivity contribution in [1.82, 2.24) is 9.38 Å². The highest BCUT2D eigenvalue weighted by Crippen LogP contribution is 2.15. The highest BCUT2D eigenvalue weighted by Gasteiger charge is 2.02. The van der Waals surface area contributed by atoms with Crippen LogP contribution < -0.4 is 0 Å². The molecule has 3 rings (SSSR count). The molecular weight excluding hydrogens is 266 g/mol. The first-order chi connectivity index (χ1) is 10.1. The van der Waals surface area contributed by atoms with E-state index < -0.39 is 4.92 Å². The van der Waals surface area contributed by atoms with Crippen LogP contribution in [0.25, 0.3) is 17.8 Å². The Morgan fingerprint density at radius 1 is 1.19 bits per heavy atom. The van der Waals surface area contributed by atoms with Crippen molar-refractivity contribution >= 4 is 23.5 Å². The second-order valence-corrected chi connectivity index (χ2v) is 4.82. The topological polar surface area (TPSA) is 60.4 Å². The van der Waals surface area contributed by atoms with Gasteiger partial charge in [0.1, 0.15) is 5.65 Å². The van der Waals surface area contributed by atoms with Crippen LogP contribution in [0.2, 0.25) is 0 Å². The van der Waals surface area contributed by atoms with Crippen LogP contribution in [0.15, 0.2) is 48.8 Å². The fraction of sp³-hybridized carbons (Fsp3) is 0.0625. The van der Waals surface area contributed by atoms with Crippen LogP contribution in [0.1, 0.15) is 16.8 Å². The first-order valence-corrected chi connectivity index (χ1v) is 6.50. The van der Waals surface area contributed by atoms with Gasteiger partial charge in [0.15, 0.2) is 0 Å². The largest absolute Gasteiger partial charge is 0.306 e. The first-order valence-electron chi connectivity index (χ1n) is 6.50. The summed E-state index contributed by atoms with van der Waals surface area (Å²) in [5.41, 5.74) is 3.90. The normalized spacial score (nSPS) is 11.3. The van der Waals surface area contributed by atoms with Crippen molar-refractivity contribution in [2.45, 2.75) is 6.92 Å². The molecule has 0 saturated heterocycles. The van der Waals surface area contributed by atoms with Gasteiger partial charge in [0.25, 0.3) is 5.69 Å². The molecule has 0 bridgehead atoms. The second-order valence-electron chi connectivity index (χ2n) is 4.82. The van der Waals surface area contributed by atoms with Gasteiger partial charge in [-0.15, -0.1) is 0 Å². The Labute approximate surface area is 121 Å². The number of benzene rings is 1. The minimum absolute atomic E-state index is 0.0929. The van der Waals surface area contributed by atoms with Crippen LogP contribution in [-0.2, 0) is 0 Å². The number of nitro benzene ring substituents is 1. The van der Waals surface area contributed by atoms with Crippen molar-refractivity contribution in [2.75, 3.05) is 0 Å². The van der Waals surface area contributed by atoms with E-state index in [0.29, 0.717) is 0 Å². The fourth-order valence-corrected chi connectivity index (χ4v) is 2.07. The quantitative estimate of drug-likeness (QED) is 0.542. The minimum atomic E-state index is -0.405. The monoisotopic (exact) mass is 279 g/mol. The molecule has 0 aliphatic rings. The summed E-state index contributed by atoms with van der Waals surface area (Å²) in [4.78, 5) is 14.7. The number of pyridine rings is 1. The summed E-state index contributed by atoms with van der Waals surface area (Å²) in [6, 6.07) is 10.5. The molecule has 2 heterocycles. The highest BCUT2D eigenvalue weighted by molar-refractivity contribution is 5.69. The van der Waals surface area contributed by atoms with Gasteiger partial charge in [-0.3, -0.25) is 10.1 Å². The molecule has 0 atom stereocenters. The van der Waals surface area contributed by atoms with Crippen molar-refractivity contribution < 1.29 is 4.92 Å². The number of aryl methyl sites for hydroxylation is 1. The SMILES string of the molecule is Cc1ccn2cc(C=Cc3ccc([N+](=O)[O-])cc3)nc2c1. The Kier molecular flexibility index (Phi) is 3.23. The lowest BCUT2D eigenvalue weighted by Gasteiger charge is -1.92. The number of nitrogens with zero attached hydrogens (tertiary/aromatic N) is 3. The van der Waals surface area contributed by atoms with E-state index in [9.17, 15) is 10.1 Å². The van der Waals surface area contributed by atoms with Crippen molar-refractivity contribution in [1.29, 1.82) is 0 Å². The molecule has 0 amide bonds. The average molecular weight is 279 g/mol. The third-order valence-electron chi connectivity index (χ3n) is 3.18. The van der Waals surface area contributed by atoms with Crippen molar-refractivity contribution in [3.8, 4) is 0 Å². The van der Waals surface area contributed by atoms with E-state index >= 15 is 0 Å². The molecule has 0 radical (unpaired) electrons. The van der Waals surface area contributed by atoms with E-state index in [1.165, 1.54) is 17.7 Å². The number of non-ortho nitro benzene ring substituents is 1. The van der Waals surface area contributed by atoms with Gasteiger partial charge in [-0.2, -0.15) is 0 Å². The predicted molar refractivity (Wildman–Crippen MR) is 82.0 cm³/mol. The molecule has 0 saturated carbocycles. The van der Waals surface area contributed by atoms with E-state index in [2.05, 4.69) is 4.98 Å². The molecule has 0 aliphatic heterocycles.